The second kappa shape index (κ2) is 8.16. The summed E-state index contributed by atoms with van der Waals surface area (Å²) in [7, 11) is 0. The van der Waals surface area contributed by atoms with Crippen LogP contribution in [0.5, 0.6) is 0 Å². The summed E-state index contributed by atoms with van der Waals surface area (Å²) in [4.78, 5) is 11.5. The lowest BCUT2D eigenvalue weighted by Crippen LogP contribution is -2.34. The fraction of sp³-hybridized carbons (Fsp3) is 0.750. The molecule has 0 bridgehead atoms. The van der Waals surface area contributed by atoms with Crippen molar-refractivity contribution in [2.24, 2.45) is 5.92 Å². The van der Waals surface area contributed by atoms with Crippen LogP contribution in [0.4, 0.5) is 0 Å². The van der Waals surface area contributed by atoms with Crippen molar-refractivity contribution in [1.82, 2.24) is 10.6 Å². The highest BCUT2D eigenvalue weighted by Crippen LogP contribution is 2.13. The molecule has 1 fully saturated rings. The third kappa shape index (κ3) is 5.75. The van der Waals surface area contributed by atoms with Gasteiger partial charge in [0.05, 0.1) is 12.9 Å². The van der Waals surface area contributed by atoms with Crippen molar-refractivity contribution in [1.29, 1.82) is 0 Å². The Balaban J connectivity index is 1.99. The standard InChI is InChI=1S/C12H22N2O2/c1-2-16-8-4-7-14-12(15)9-11-5-3-6-13-10-11/h2,11,13H,1,3-10H2,(H,14,15). The fourth-order valence-corrected chi connectivity index (χ4v) is 1.90. The second-order valence-corrected chi connectivity index (χ2v) is 4.16. The van der Waals surface area contributed by atoms with Crippen LogP contribution in [0.2, 0.25) is 0 Å². The Morgan fingerprint density at radius 3 is 3.19 bits per heavy atom. The Bertz CT molecular complexity index is 213. The molecule has 1 saturated heterocycles. The van der Waals surface area contributed by atoms with Crippen molar-refractivity contribution in [3.8, 4) is 0 Å². The highest BCUT2D eigenvalue weighted by molar-refractivity contribution is 5.76. The third-order valence-electron chi connectivity index (χ3n) is 2.75. The van der Waals surface area contributed by atoms with Crippen LogP contribution in [0, 0.1) is 5.92 Å². The van der Waals surface area contributed by atoms with Crippen LogP contribution in [0.3, 0.4) is 0 Å². The van der Waals surface area contributed by atoms with Gasteiger partial charge < -0.3 is 15.4 Å². The average Bonchev–Trinajstić information content (AvgIpc) is 2.30. The van der Waals surface area contributed by atoms with E-state index < -0.39 is 0 Å². The van der Waals surface area contributed by atoms with Crippen LogP contribution in [-0.2, 0) is 9.53 Å². The van der Waals surface area contributed by atoms with Gasteiger partial charge in [0, 0.05) is 13.0 Å². The van der Waals surface area contributed by atoms with Gasteiger partial charge in [-0.15, -0.1) is 0 Å². The quantitative estimate of drug-likeness (QED) is 0.504. The minimum atomic E-state index is 0.160. The van der Waals surface area contributed by atoms with Crippen molar-refractivity contribution in [3.05, 3.63) is 12.8 Å². The van der Waals surface area contributed by atoms with E-state index in [4.69, 9.17) is 4.74 Å². The van der Waals surface area contributed by atoms with E-state index in [1.807, 2.05) is 0 Å². The van der Waals surface area contributed by atoms with Crippen LogP contribution in [0.1, 0.15) is 25.7 Å². The number of piperidine rings is 1. The molecular formula is C12H22N2O2. The molecule has 0 aliphatic carbocycles. The second-order valence-electron chi connectivity index (χ2n) is 4.16. The van der Waals surface area contributed by atoms with E-state index >= 15 is 0 Å². The Kier molecular flexibility index (Phi) is 6.65. The molecule has 2 N–H and O–H groups in total. The van der Waals surface area contributed by atoms with Crippen molar-refractivity contribution >= 4 is 5.91 Å². The first-order valence-electron chi connectivity index (χ1n) is 6.03. The minimum Gasteiger partial charge on any atom is -0.502 e. The number of carbonyl (C=O) groups is 1. The van der Waals surface area contributed by atoms with Crippen molar-refractivity contribution in [2.75, 3.05) is 26.2 Å². The largest absolute Gasteiger partial charge is 0.502 e. The summed E-state index contributed by atoms with van der Waals surface area (Å²) in [6.07, 6.45) is 5.26. The molecule has 0 radical (unpaired) electrons. The number of nitrogens with one attached hydrogen (secondary N) is 2. The van der Waals surface area contributed by atoms with E-state index in [-0.39, 0.29) is 5.91 Å². The van der Waals surface area contributed by atoms with Crippen LogP contribution in [0.25, 0.3) is 0 Å². The Labute approximate surface area is 97.4 Å². The van der Waals surface area contributed by atoms with Crippen molar-refractivity contribution in [3.63, 3.8) is 0 Å². The van der Waals surface area contributed by atoms with Gasteiger partial charge in [0.2, 0.25) is 5.91 Å². The van der Waals surface area contributed by atoms with Gasteiger partial charge in [-0.3, -0.25) is 4.79 Å². The lowest BCUT2D eigenvalue weighted by molar-refractivity contribution is -0.122. The number of ether oxygens (including phenoxy) is 1. The summed E-state index contributed by atoms with van der Waals surface area (Å²) in [5, 5.41) is 6.22. The highest BCUT2D eigenvalue weighted by Gasteiger charge is 2.16. The Morgan fingerprint density at radius 2 is 2.50 bits per heavy atom. The number of carbonyl (C=O) groups excluding carboxylic acids is 1. The number of amides is 1. The molecule has 0 aromatic heterocycles. The Hall–Kier alpha value is -1.03. The van der Waals surface area contributed by atoms with E-state index in [0.29, 0.717) is 25.5 Å². The topological polar surface area (TPSA) is 50.4 Å². The molecule has 1 unspecified atom stereocenters. The molecule has 92 valence electrons. The molecule has 1 amide bonds. The molecule has 4 heteroatoms. The summed E-state index contributed by atoms with van der Waals surface area (Å²) in [5.41, 5.74) is 0. The first kappa shape index (κ1) is 13.0. The maximum absolute atomic E-state index is 11.5. The summed E-state index contributed by atoms with van der Waals surface area (Å²) in [6, 6.07) is 0. The van der Waals surface area contributed by atoms with E-state index in [1.165, 1.54) is 19.1 Å². The summed E-state index contributed by atoms with van der Waals surface area (Å²) >= 11 is 0. The summed E-state index contributed by atoms with van der Waals surface area (Å²) in [6.45, 7) is 6.83. The molecule has 1 aliphatic rings. The van der Waals surface area contributed by atoms with Gasteiger partial charge in [0.1, 0.15) is 0 Å². The van der Waals surface area contributed by atoms with E-state index in [9.17, 15) is 4.79 Å². The smallest absolute Gasteiger partial charge is 0.220 e. The number of hydrogen-bond donors (Lipinski definition) is 2. The van der Waals surface area contributed by atoms with Crippen LogP contribution >= 0.6 is 0 Å². The fourth-order valence-electron chi connectivity index (χ4n) is 1.90. The molecule has 1 aliphatic heterocycles. The Morgan fingerprint density at radius 1 is 1.62 bits per heavy atom. The van der Waals surface area contributed by atoms with Gasteiger partial charge >= 0.3 is 0 Å². The zero-order chi connectivity index (χ0) is 11.6. The molecular weight excluding hydrogens is 204 g/mol. The SMILES string of the molecule is C=COCCCNC(=O)CC1CCCNC1. The molecule has 0 aromatic rings. The van der Waals surface area contributed by atoms with Crippen LogP contribution in [0.15, 0.2) is 12.8 Å². The minimum absolute atomic E-state index is 0.160. The van der Waals surface area contributed by atoms with Crippen molar-refractivity contribution in [2.45, 2.75) is 25.7 Å². The third-order valence-corrected chi connectivity index (χ3v) is 2.75. The zero-order valence-corrected chi connectivity index (χ0v) is 9.84. The van der Waals surface area contributed by atoms with Gasteiger partial charge in [0.15, 0.2) is 0 Å². The molecule has 0 aromatic carbocycles. The van der Waals surface area contributed by atoms with E-state index in [0.717, 1.165) is 19.5 Å². The number of rotatable bonds is 7. The monoisotopic (exact) mass is 226 g/mol. The lowest BCUT2D eigenvalue weighted by Gasteiger charge is -2.22. The average molecular weight is 226 g/mol. The zero-order valence-electron chi connectivity index (χ0n) is 9.84. The van der Waals surface area contributed by atoms with Crippen LogP contribution < -0.4 is 10.6 Å². The van der Waals surface area contributed by atoms with E-state index in [1.54, 1.807) is 0 Å². The van der Waals surface area contributed by atoms with Gasteiger partial charge in [0.25, 0.3) is 0 Å². The molecule has 16 heavy (non-hydrogen) atoms. The van der Waals surface area contributed by atoms with E-state index in [2.05, 4.69) is 17.2 Å². The molecule has 1 rings (SSSR count). The molecule has 1 atom stereocenters. The maximum atomic E-state index is 11.5. The predicted octanol–water partition coefficient (Wildman–Crippen LogP) is 1.04. The van der Waals surface area contributed by atoms with Gasteiger partial charge in [-0.2, -0.15) is 0 Å². The summed E-state index contributed by atoms with van der Waals surface area (Å²) in [5.74, 6) is 0.672. The molecule has 0 spiro atoms. The van der Waals surface area contributed by atoms with Crippen molar-refractivity contribution < 1.29 is 9.53 Å². The van der Waals surface area contributed by atoms with Crippen LogP contribution in [-0.4, -0.2) is 32.1 Å². The first-order valence-corrected chi connectivity index (χ1v) is 6.03. The normalized spacial score (nSPS) is 20.1. The number of hydrogen-bond acceptors (Lipinski definition) is 3. The van der Waals surface area contributed by atoms with Gasteiger partial charge in [-0.1, -0.05) is 6.58 Å². The summed E-state index contributed by atoms with van der Waals surface area (Å²) < 4.78 is 4.97. The molecule has 1 heterocycles. The lowest BCUT2D eigenvalue weighted by atomic mass is 9.96. The molecule has 0 saturated carbocycles. The first-order chi connectivity index (χ1) is 7.83. The maximum Gasteiger partial charge on any atom is 0.220 e. The molecule has 4 nitrogen and oxygen atoms in total. The highest BCUT2D eigenvalue weighted by atomic mass is 16.5. The predicted molar refractivity (Wildman–Crippen MR) is 64.0 cm³/mol. The van der Waals surface area contributed by atoms with Gasteiger partial charge in [-0.25, -0.2) is 0 Å². The van der Waals surface area contributed by atoms with Gasteiger partial charge in [-0.05, 0) is 38.3 Å².